The maximum absolute atomic E-state index is 13.2. The number of carbonyl (C=O) groups excluding carboxylic acids is 2. The third kappa shape index (κ3) is 4.29. The molecule has 120 valence electrons. The average Bonchev–Trinajstić information content (AvgIpc) is 2.45. The molecule has 1 saturated heterocycles. The number of halogens is 1. The van der Waals surface area contributed by atoms with Gasteiger partial charge in [-0.15, -0.1) is 0 Å². The van der Waals surface area contributed by atoms with E-state index in [9.17, 15) is 14.0 Å². The highest BCUT2D eigenvalue weighted by Gasteiger charge is 2.31. The van der Waals surface area contributed by atoms with Crippen molar-refractivity contribution in [1.82, 2.24) is 4.90 Å². The summed E-state index contributed by atoms with van der Waals surface area (Å²) in [6.45, 7) is 6.34. The van der Waals surface area contributed by atoms with Crippen molar-refractivity contribution in [3.63, 3.8) is 0 Å². The predicted octanol–water partition coefficient (Wildman–Crippen LogP) is 3.66. The van der Waals surface area contributed by atoms with Crippen LogP contribution in [0.25, 0.3) is 0 Å². The summed E-state index contributed by atoms with van der Waals surface area (Å²) in [5.41, 5.74) is -0.201. The van der Waals surface area contributed by atoms with Crippen LogP contribution in [-0.4, -0.2) is 35.5 Å². The third-order valence-electron chi connectivity index (χ3n) is 3.55. The molecule has 0 bridgehead atoms. The van der Waals surface area contributed by atoms with Gasteiger partial charge in [-0.3, -0.25) is 4.79 Å². The highest BCUT2D eigenvalue weighted by molar-refractivity contribution is 5.98. The summed E-state index contributed by atoms with van der Waals surface area (Å²) in [7, 11) is 0. The van der Waals surface area contributed by atoms with Crippen molar-refractivity contribution in [3.8, 4) is 0 Å². The first-order chi connectivity index (χ1) is 10.3. The summed E-state index contributed by atoms with van der Waals surface area (Å²) >= 11 is 0. The molecule has 1 amide bonds. The largest absolute Gasteiger partial charge is 0.444 e. The first kappa shape index (κ1) is 16.5. The SMILES string of the molecule is CC(C)(C)OC(=O)N1CCC[C@H](C(=O)c2cccc(F)c2)C1. The highest BCUT2D eigenvalue weighted by atomic mass is 19.1. The summed E-state index contributed by atoms with van der Waals surface area (Å²) in [5.74, 6) is -0.846. The number of hydrogen-bond donors (Lipinski definition) is 0. The van der Waals surface area contributed by atoms with Gasteiger partial charge in [-0.1, -0.05) is 12.1 Å². The van der Waals surface area contributed by atoms with Gasteiger partial charge in [0.1, 0.15) is 11.4 Å². The molecule has 1 fully saturated rings. The Labute approximate surface area is 130 Å². The fraction of sp³-hybridized carbons (Fsp3) is 0.529. The normalized spacial score (nSPS) is 18.9. The molecule has 0 unspecified atom stereocenters. The molecule has 22 heavy (non-hydrogen) atoms. The second-order valence-corrected chi connectivity index (χ2v) is 6.64. The van der Waals surface area contributed by atoms with Crippen LogP contribution in [0.1, 0.15) is 44.0 Å². The monoisotopic (exact) mass is 307 g/mol. The zero-order valence-electron chi connectivity index (χ0n) is 13.3. The van der Waals surface area contributed by atoms with E-state index in [1.807, 2.05) is 20.8 Å². The molecule has 1 aromatic rings. The van der Waals surface area contributed by atoms with Gasteiger partial charge in [0.15, 0.2) is 5.78 Å². The average molecular weight is 307 g/mol. The Hall–Kier alpha value is -1.91. The van der Waals surface area contributed by atoms with Crippen molar-refractivity contribution in [3.05, 3.63) is 35.6 Å². The minimum atomic E-state index is -0.559. The fourth-order valence-corrected chi connectivity index (χ4v) is 2.56. The van der Waals surface area contributed by atoms with Gasteiger partial charge in [0.25, 0.3) is 0 Å². The summed E-state index contributed by atoms with van der Waals surface area (Å²) in [6, 6.07) is 5.69. The van der Waals surface area contributed by atoms with Gasteiger partial charge in [0, 0.05) is 24.6 Å². The lowest BCUT2D eigenvalue weighted by molar-refractivity contribution is 0.0172. The summed E-state index contributed by atoms with van der Waals surface area (Å²) in [4.78, 5) is 26.1. The number of Topliss-reactive ketones (excluding diaryl/α,β-unsaturated/α-hetero) is 1. The van der Waals surface area contributed by atoms with Crippen LogP contribution in [0, 0.1) is 11.7 Å². The Morgan fingerprint density at radius 3 is 2.68 bits per heavy atom. The number of ketones is 1. The molecule has 0 saturated carbocycles. The van der Waals surface area contributed by atoms with Gasteiger partial charge in [-0.2, -0.15) is 0 Å². The molecule has 0 aliphatic carbocycles. The van der Waals surface area contributed by atoms with Gasteiger partial charge in [-0.05, 0) is 45.7 Å². The lowest BCUT2D eigenvalue weighted by Gasteiger charge is -2.33. The number of carbonyl (C=O) groups is 2. The van der Waals surface area contributed by atoms with Crippen molar-refractivity contribution in [2.24, 2.45) is 5.92 Å². The molecule has 0 spiro atoms. The number of hydrogen-bond acceptors (Lipinski definition) is 3. The molecule has 0 aromatic heterocycles. The number of benzene rings is 1. The van der Waals surface area contributed by atoms with Crippen molar-refractivity contribution in [1.29, 1.82) is 0 Å². The first-order valence-corrected chi connectivity index (χ1v) is 7.54. The summed E-state index contributed by atoms with van der Waals surface area (Å²) in [5, 5.41) is 0. The number of amides is 1. The van der Waals surface area contributed by atoms with Crippen molar-refractivity contribution >= 4 is 11.9 Å². The van der Waals surface area contributed by atoms with Crippen LogP contribution in [0.3, 0.4) is 0 Å². The molecule has 1 aliphatic heterocycles. The standard InChI is InChI=1S/C17H22FNO3/c1-17(2,3)22-16(21)19-9-5-7-13(11-19)15(20)12-6-4-8-14(18)10-12/h4,6,8,10,13H,5,7,9,11H2,1-3H3/t13-/m0/s1. The van der Waals surface area contributed by atoms with Gasteiger partial charge < -0.3 is 9.64 Å². The fourth-order valence-electron chi connectivity index (χ4n) is 2.56. The molecule has 4 nitrogen and oxygen atoms in total. The lowest BCUT2D eigenvalue weighted by Crippen LogP contribution is -2.44. The smallest absolute Gasteiger partial charge is 0.410 e. The van der Waals surface area contributed by atoms with Crippen molar-refractivity contribution in [2.45, 2.75) is 39.2 Å². The Morgan fingerprint density at radius 2 is 2.05 bits per heavy atom. The number of nitrogens with zero attached hydrogens (tertiary/aromatic N) is 1. The molecule has 1 aliphatic rings. The number of piperidine rings is 1. The molecule has 1 aromatic carbocycles. The maximum atomic E-state index is 13.2. The van der Waals surface area contributed by atoms with Crippen LogP contribution in [-0.2, 0) is 4.74 Å². The number of rotatable bonds is 2. The van der Waals surface area contributed by atoms with Crippen LogP contribution >= 0.6 is 0 Å². The molecule has 0 N–H and O–H groups in total. The van der Waals surface area contributed by atoms with Crippen LogP contribution in [0.4, 0.5) is 9.18 Å². The summed E-state index contributed by atoms with van der Waals surface area (Å²) in [6.07, 6.45) is 1.05. The van der Waals surface area contributed by atoms with Gasteiger partial charge >= 0.3 is 6.09 Å². The van der Waals surface area contributed by atoms with E-state index in [4.69, 9.17) is 4.74 Å². The van der Waals surface area contributed by atoms with E-state index in [0.717, 1.165) is 6.42 Å². The van der Waals surface area contributed by atoms with E-state index in [-0.39, 0.29) is 11.7 Å². The molecular formula is C17H22FNO3. The van der Waals surface area contributed by atoms with Gasteiger partial charge in [0.2, 0.25) is 0 Å². The van der Waals surface area contributed by atoms with E-state index in [0.29, 0.717) is 25.1 Å². The minimum absolute atomic E-state index is 0.118. The quantitative estimate of drug-likeness (QED) is 0.783. The summed E-state index contributed by atoms with van der Waals surface area (Å²) < 4.78 is 18.6. The van der Waals surface area contributed by atoms with E-state index in [1.54, 1.807) is 11.0 Å². The minimum Gasteiger partial charge on any atom is -0.444 e. The maximum Gasteiger partial charge on any atom is 0.410 e. The Morgan fingerprint density at radius 1 is 1.32 bits per heavy atom. The Kier molecular flexibility index (Phi) is 4.84. The van der Waals surface area contributed by atoms with Crippen LogP contribution < -0.4 is 0 Å². The van der Waals surface area contributed by atoms with E-state index in [1.165, 1.54) is 18.2 Å². The van der Waals surface area contributed by atoms with Crippen molar-refractivity contribution < 1.29 is 18.7 Å². The van der Waals surface area contributed by atoms with Gasteiger partial charge in [-0.25, -0.2) is 9.18 Å². The predicted molar refractivity (Wildman–Crippen MR) is 81.3 cm³/mol. The molecule has 1 heterocycles. The highest BCUT2D eigenvalue weighted by Crippen LogP contribution is 2.23. The molecule has 5 heteroatoms. The van der Waals surface area contributed by atoms with E-state index in [2.05, 4.69) is 0 Å². The lowest BCUT2D eigenvalue weighted by atomic mass is 9.90. The van der Waals surface area contributed by atoms with Crippen molar-refractivity contribution in [2.75, 3.05) is 13.1 Å². The van der Waals surface area contributed by atoms with E-state index < -0.39 is 17.5 Å². The van der Waals surface area contributed by atoms with Crippen LogP contribution in [0.5, 0.6) is 0 Å². The topological polar surface area (TPSA) is 46.6 Å². The second-order valence-electron chi connectivity index (χ2n) is 6.64. The second kappa shape index (κ2) is 6.46. The number of likely N-dealkylation sites (tertiary alicyclic amines) is 1. The molecule has 2 rings (SSSR count). The zero-order chi connectivity index (χ0) is 16.3. The molecule has 0 radical (unpaired) electrons. The van der Waals surface area contributed by atoms with Gasteiger partial charge in [0.05, 0.1) is 0 Å². The third-order valence-corrected chi connectivity index (χ3v) is 3.55. The Bertz CT molecular complexity index is 565. The molecule has 1 atom stereocenters. The zero-order valence-corrected chi connectivity index (χ0v) is 13.3. The molecular weight excluding hydrogens is 285 g/mol. The Balaban J connectivity index is 2.04. The van der Waals surface area contributed by atoms with E-state index >= 15 is 0 Å². The first-order valence-electron chi connectivity index (χ1n) is 7.54. The van der Waals surface area contributed by atoms with Crippen LogP contribution in [0.2, 0.25) is 0 Å². The van der Waals surface area contributed by atoms with Crippen LogP contribution in [0.15, 0.2) is 24.3 Å². The number of ether oxygens (including phenoxy) is 1.